The van der Waals surface area contributed by atoms with Gasteiger partial charge in [0.1, 0.15) is 0 Å². The molecule has 1 atom stereocenters. The number of amides is 2. The molecule has 1 aromatic heterocycles. The molecular formula is C11H16N2O2S. The monoisotopic (exact) mass is 240 g/mol. The molecule has 2 rings (SSSR count). The molecule has 2 heterocycles. The minimum atomic E-state index is -0.0587. The Morgan fingerprint density at radius 3 is 3.25 bits per heavy atom. The molecule has 0 radical (unpaired) electrons. The zero-order chi connectivity index (χ0) is 11.4. The molecule has 4 nitrogen and oxygen atoms in total. The Bertz CT molecular complexity index is 340. The number of likely N-dealkylation sites (tertiary alicyclic amines) is 1. The Labute approximate surface area is 98.9 Å². The van der Waals surface area contributed by atoms with Gasteiger partial charge in [-0.2, -0.15) is 11.3 Å². The first-order valence-electron chi connectivity index (χ1n) is 5.48. The second-order valence-electron chi connectivity index (χ2n) is 4.08. The maximum atomic E-state index is 11.9. The number of rotatable bonds is 2. The smallest absolute Gasteiger partial charge is 0.321 e. The molecule has 2 amide bonds. The number of nitrogens with zero attached hydrogens (tertiary/aromatic N) is 1. The molecule has 0 aromatic carbocycles. The third-order valence-electron chi connectivity index (χ3n) is 2.84. The van der Waals surface area contributed by atoms with Crippen molar-refractivity contribution in [3.8, 4) is 0 Å². The molecular weight excluding hydrogens is 224 g/mol. The van der Waals surface area contributed by atoms with Crippen LogP contribution in [0.4, 0.5) is 10.5 Å². The van der Waals surface area contributed by atoms with E-state index in [2.05, 4.69) is 5.32 Å². The van der Waals surface area contributed by atoms with E-state index in [1.807, 2.05) is 16.8 Å². The summed E-state index contributed by atoms with van der Waals surface area (Å²) in [4.78, 5) is 13.6. The van der Waals surface area contributed by atoms with Gasteiger partial charge in [-0.15, -0.1) is 0 Å². The number of thiophene rings is 1. The van der Waals surface area contributed by atoms with Crippen molar-refractivity contribution in [3.63, 3.8) is 0 Å². The topological polar surface area (TPSA) is 52.6 Å². The molecule has 0 saturated carbocycles. The summed E-state index contributed by atoms with van der Waals surface area (Å²) in [6.45, 7) is 1.61. The SMILES string of the molecule is O=C(Nc1ccsc1)N1CCCC(CO)C1. The van der Waals surface area contributed by atoms with Gasteiger partial charge in [-0.1, -0.05) is 0 Å². The van der Waals surface area contributed by atoms with Crippen LogP contribution in [0.1, 0.15) is 12.8 Å². The number of carbonyl (C=O) groups excluding carboxylic acids is 1. The molecule has 1 unspecified atom stereocenters. The van der Waals surface area contributed by atoms with Gasteiger partial charge in [0.25, 0.3) is 0 Å². The molecule has 1 aromatic rings. The summed E-state index contributed by atoms with van der Waals surface area (Å²) < 4.78 is 0. The second kappa shape index (κ2) is 5.32. The van der Waals surface area contributed by atoms with E-state index in [-0.39, 0.29) is 18.6 Å². The van der Waals surface area contributed by atoms with Gasteiger partial charge in [0.2, 0.25) is 0 Å². The van der Waals surface area contributed by atoms with E-state index in [0.29, 0.717) is 6.54 Å². The van der Waals surface area contributed by atoms with Gasteiger partial charge in [-0.05, 0) is 30.2 Å². The number of aliphatic hydroxyl groups is 1. The summed E-state index contributed by atoms with van der Waals surface area (Å²) in [5, 5.41) is 15.8. The van der Waals surface area contributed by atoms with Crippen molar-refractivity contribution in [1.82, 2.24) is 4.90 Å². The van der Waals surface area contributed by atoms with E-state index >= 15 is 0 Å². The first-order chi connectivity index (χ1) is 7.79. The zero-order valence-corrected chi connectivity index (χ0v) is 9.87. The van der Waals surface area contributed by atoms with Gasteiger partial charge in [0.05, 0.1) is 5.69 Å². The molecule has 16 heavy (non-hydrogen) atoms. The number of nitrogens with one attached hydrogen (secondary N) is 1. The molecule has 1 saturated heterocycles. The molecule has 5 heteroatoms. The highest BCUT2D eigenvalue weighted by molar-refractivity contribution is 7.08. The van der Waals surface area contributed by atoms with Crippen molar-refractivity contribution < 1.29 is 9.90 Å². The molecule has 88 valence electrons. The molecule has 1 aliphatic rings. The van der Waals surface area contributed by atoms with Crippen LogP contribution in [0.5, 0.6) is 0 Å². The lowest BCUT2D eigenvalue weighted by Crippen LogP contribution is -2.43. The third-order valence-corrected chi connectivity index (χ3v) is 3.52. The van der Waals surface area contributed by atoms with Gasteiger partial charge in [-0.3, -0.25) is 0 Å². The quantitative estimate of drug-likeness (QED) is 0.830. The Kier molecular flexibility index (Phi) is 3.79. The Balaban J connectivity index is 1.89. The highest BCUT2D eigenvalue weighted by Crippen LogP contribution is 2.18. The summed E-state index contributed by atoms with van der Waals surface area (Å²) in [7, 11) is 0. The Hall–Kier alpha value is -1.07. The molecule has 2 N–H and O–H groups in total. The number of hydrogen-bond acceptors (Lipinski definition) is 3. The predicted octanol–water partition coefficient (Wildman–Crippen LogP) is 1.98. The van der Waals surface area contributed by atoms with E-state index < -0.39 is 0 Å². The molecule has 0 bridgehead atoms. The molecule has 1 aliphatic heterocycles. The third kappa shape index (κ3) is 2.74. The highest BCUT2D eigenvalue weighted by atomic mass is 32.1. The lowest BCUT2D eigenvalue weighted by atomic mass is 9.99. The largest absolute Gasteiger partial charge is 0.396 e. The van der Waals surface area contributed by atoms with Gasteiger partial charge in [0, 0.05) is 25.1 Å². The number of urea groups is 1. The first-order valence-corrected chi connectivity index (χ1v) is 6.43. The van der Waals surface area contributed by atoms with Crippen molar-refractivity contribution in [2.45, 2.75) is 12.8 Å². The number of aliphatic hydroxyl groups excluding tert-OH is 1. The molecule has 0 spiro atoms. The maximum absolute atomic E-state index is 11.9. The lowest BCUT2D eigenvalue weighted by Gasteiger charge is -2.31. The Morgan fingerprint density at radius 2 is 2.56 bits per heavy atom. The second-order valence-corrected chi connectivity index (χ2v) is 4.86. The van der Waals surface area contributed by atoms with E-state index in [0.717, 1.165) is 25.1 Å². The fraction of sp³-hybridized carbons (Fsp3) is 0.545. The Morgan fingerprint density at radius 1 is 1.69 bits per heavy atom. The minimum Gasteiger partial charge on any atom is -0.396 e. The number of hydrogen-bond donors (Lipinski definition) is 2. The number of anilines is 1. The molecule has 0 aliphatic carbocycles. The predicted molar refractivity (Wildman–Crippen MR) is 64.7 cm³/mol. The van der Waals surface area contributed by atoms with Crippen LogP contribution >= 0.6 is 11.3 Å². The van der Waals surface area contributed by atoms with Gasteiger partial charge >= 0.3 is 6.03 Å². The van der Waals surface area contributed by atoms with Crippen LogP contribution < -0.4 is 5.32 Å². The maximum Gasteiger partial charge on any atom is 0.321 e. The van der Waals surface area contributed by atoms with Crippen molar-refractivity contribution >= 4 is 23.1 Å². The van der Waals surface area contributed by atoms with Crippen molar-refractivity contribution in [1.29, 1.82) is 0 Å². The zero-order valence-electron chi connectivity index (χ0n) is 9.06. The minimum absolute atomic E-state index is 0.0587. The average Bonchev–Trinajstić information content (AvgIpc) is 2.82. The lowest BCUT2D eigenvalue weighted by molar-refractivity contribution is 0.136. The van der Waals surface area contributed by atoms with Gasteiger partial charge in [-0.25, -0.2) is 4.79 Å². The molecule has 1 fully saturated rings. The van der Waals surface area contributed by atoms with Crippen LogP contribution in [0, 0.1) is 5.92 Å². The van der Waals surface area contributed by atoms with E-state index in [9.17, 15) is 4.79 Å². The summed E-state index contributed by atoms with van der Waals surface area (Å²) in [5.74, 6) is 0.238. The van der Waals surface area contributed by atoms with Crippen LogP contribution in [0.15, 0.2) is 16.8 Å². The standard InChI is InChI=1S/C11H16N2O2S/c14-7-9-2-1-4-13(6-9)11(15)12-10-3-5-16-8-10/h3,5,8-9,14H,1-2,4,6-7H2,(H,12,15). The van der Waals surface area contributed by atoms with Crippen LogP contribution in [0.3, 0.4) is 0 Å². The average molecular weight is 240 g/mol. The van der Waals surface area contributed by atoms with E-state index in [4.69, 9.17) is 5.11 Å². The van der Waals surface area contributed by atoms with E-state index in [1.165, 1.54) is 0 Å². The van der Waals surface area contributed by atoms with E-state index in [1.54, 1.807) is 16.2 Å². The van der Waals surface area contributed by atoms with Gasteiger partial charge in [0.15, 0.2) is 0 Å². The summed E-state index contributed by atoms with van der Waals surface area (Å²) in [5.41, 5.74) is 0.848. The van der Waals surface area contributed by atoms with Crippen molar-refractivity contribution in [2.75, 3.05) is 25.0 Å². The summed E-state index contributed by atoms with van der Waals surface area (Å²) in [6, 6.07) is 1.83. The van der Waals surface area contributed by atoms with Crippen molar-refractivity contribution in [3.05, 3.63) is 16.8 Å². The van der Waals surface area contributed by atoms with Crippen LogP contribution in [-0.4, -0.2) is 35.7 Å². The summed E-state index contributed by atoms with van der Waals surface area (Å²) in [6.07, 6.45) is 1.99. The first kappa shape index (κ1) is 11.4. The van der Waals surface area contributed by atoms with Crippen molar-refractivity contribution in [2.24, 2.45) is 5.92 Å². The number of carbonyl (C=O) groups is 1. The highest BCUT2D eigenvalue weighted by Gasteiger charge is 2.22. The number of piperidine rings is 1. The fourth-order valence-electron chi connectivity index (χ4n) is 1.94. The van der Waals surface area contributed by atoms with Crippen LogP contribution in [-0.2, 0) is 0 Å². The van der Waals surface area contributed by atoms with Crippen LogP contribution in [0.2, 0.25) is 0 Å². The van der Waals surface area contributed by atoms with Gasteiger partial charge < -0.3 is 15.3 Å². The fourth-order valence-corrected chi connectivity index (χ4v) is 2.52. The normalized spacial score (nSPS) is 20.8. The summed E-state index contributed by atoms with van der Waals surface area (Å²) >= 11 is 1.56. The van der Waals surface area contributed by atoms with Crippen LogP contribution in [0.25, 0.3) is 0 Å².